The van der Waals surface area contributed by atoms with Gasteiger partial charge >= 0.3 is 6.18 Å². The molecule has 0 aliphatic carbocycles. The van der Waals surface area contributed by atoms with Crippen molar-refractivity contribution in [2.75, 3.05) is 10.6 Å². The molecule has 0 radical (unpaired) electrons. The monoisotopic (exact) mass is 532 g/mol. The van der Waals surface area contributed by atoms with Crippen molar-refractivity contribution in [3.8, 4) is 11.5 Å². The lowest BCUT2D eigenvalue weighted by atomic mass is 10.1. The minimum atomic E-state index is -4.60. The molecule has 0 bridgehead atoms. The highest BCUT2D eigenvalue weighted by molar-refractivity contribution is 6.05. The number of anilines is 3. The van der Waals surface area contributed by atoms with E-state index >= 15 is 0 Å². The van der Waals surface area contributed by atoms with Crippen LogP contribution in [0, 0.1) is 20.8 Å². The molecule has 9 nitrogen and oxygen atoms in total. The number of benzene rings is 2. The topological polar surface area (TPSA) is 103 Å². The van der Waals surface area contributed by atoms with E-state index in [1.54, 1.807) is 60.5 Å². The third-order valence-electron chi connectivity index (χ3n) is 5.97. The van der Waals surface area contributed by atoms with Crippen molar-refractivity contribution in [2.24, 2.45) is 0 Å². The number of carbonyl (C=O) groups is 1. The number of aryl methyl sites for hydroxylation is 3. The van der Waals surface area contributed by atoms with E-state index < -0.39 is 17.6 Å². The summed E-state index contributed by atoms with van der Waals surface area (Å²) in [5, 5.41) is 5.71. The Labute approximate surface area is 221 Å². The van der Waals surface area contributed by atoms with Gasteiger partial charge in [0.2, 0.25) is 5.95 Å². The maximum Gasteiger partial charge on any atom is 0.416 e. The highest BCUT2D eigenvalue weighted by Crippen LogP contribution is 2.33. The van der Waals surface area contributed by atoms with Gasteiger partial charge in [-0.05, 0) is 62.7 Å². The van der Waals surface area contributed by atoms with Gasteiger partial charge in [0.15, 0.2) is 0 Å². The van der Waals surface area contributed by atoms with Crippen LogP contribution < -0.4 is 10.6 Å². The summed E-state index contributed by atoms with van der Waals surface area (Å²) in [5.41, 5.74) is 1.60. The second-order valence-corrected chi connectivity index (χ2v) is 8.88. The van der Waals surface area contributed by atoms with Crippen LogP contribution in [0.5, 0.6) is 0 Å². The summed E-state index contributed by atoms with van der Waals surface area (Å²) in [6.07, 6.45) is 3.47. The van der Waals surface area contributed by atoms with Gasteiger partial charge in [-0.2, -0.15) is 18.2 Å². The lowest BCUT2D eigenvalue weighted by Crippen LogP contribution is -2.14. The van der Waals surface area contributed by atoms with Crippen molar-refractivity contribution in [3.05, 3.63) is 102 Å². The van der Waals surface area contributed by atoms with E-state index in [1.165, 1.54) is 17.0 Å². The van der Waals surface area contributed by atoms with Gasteiger partial charge in [0.25, 0.3) is 5.91 Å². The maximum absolute atomic E-state index is 13.6. The summed E-state index contributed by atoms with van der Waals surface area (Å²) in [4.78, 5) is 30.2. The summed E-state index contributed by atoms with van der Waals surface area (Å²) in [6.45, 7) is 5.43. The summed E-state index contributed by atoms with van der Waals surface area (Å²) >= 11 is 0. The Hall–Kier alpha value is -5.00. The van der Waals surface area contributed by atoms with Crippen LogP contribution in [0.3, 0.4) is 0 Å². The van der Waals surface area contributed by atoms with Gasteiger partial charge in [0.1, 0.15) is 11.6 Å². The molecule has 3 aromatic heterocycles. The Bertz CT molecular complexity index is 1670. The molecule has 0 atom stereocenters. The predicted molar refractivity (Wildman–Crippen MR) is 140 cm³/mol. The van der Waals surface area contributed by atoms with Crippen LogP contribution >= 0.6 is 0 Å². The predicted octanol–water partition coefficient (Wildman–Crippen LogP) is 5.79. The molecule has 5 aromatic rings. The maximum atomic E-state index is 13.6. The number of carbonyl (C=O) groups excluding carboxylic acids is 1. The molecule has 0 saturated carbocycles. The van der Waals surface area contributed by atoms with Crippen LogP contribution in [0.1, 0.15) is 33.0 Å². The number of alkyl halides is 3. The highest BCUT2D eigenvalue weighted by Gasteiger charge is 2.31. The lowest BCUT2D eigenvalue weighted by molar-refractivity contribution is -0.137. The van der Waals surface area contributed by atoms with Gasteiger partial charge in [0.05, 0.1) is 17.6 Å². The molecular formula is C27H23F3N8O. The van der Waals surface area contributed by atoms with Crippen molar-refractivity contribution in [1.82, 2.24) is 29.1 Å². The van der Waals surface area contributed by atoms with Crippen LogP contribution in [0.2, 0.25) is 0 Å². The van der Waals surface area contributed by atoms with Crippen LogP contribution in [0.4, 0.5) is 30.5 Å². The first-order valence-corrected chi connectivity index (χ1v) is 11.8. The molecule has 0 unspecified atom stereocenters. The second kappa shape index (κ2) is 10.0. The molecule has 0 saturated heterocycles. The van der Waals surface area contributed by atoms with Crippen molar-refractivity contribution in [3.63, 3.8) is 0 Å². The Balaban J connectivity index is 1.41. The number of aromatic nitrogens is 6. The number of hydrogen-bond acceptors (Lipinski definition) is 6. The zero-order chi connectivity index (χ0) is 27.7. The molecule has 1 amide bonds. The third kappa shape index (κ3) is 5.64. The van der Waals surface area contributed by atoms with E-state index in [0.29, 0.717) is 23.1 Å². The Morgan fingerprint density at radius 3 is 2.46 bits per heavy atom. The van der Waals surface area contributed by atoms with Gasteiger partial charge < -0.3 is 15.2 Å². The summed E-state index contributed by atoms with van der Waals surface area (Å²) in [5.74, 6) is 1.10. The van der Waals surface area contributed by atoms with Gasteiger partial charge in [-0.1, -0.05) is 6.07 Å². The zero-order valence-electron chi connectivity index (χ0n) is 21.2. The van der Waals surface area contributed by atoms with Gasteiger partial charge in [0, 0.05) is 47.4 Å². The fraction of sp³-hybridized carbons (Fsp3) is 0.148. The number of nitrogens with one attached hydrogen (secondary N) is 2. The number of halogens is 3. The van der Waals surface area contributed by atoms with Crippen LogP contribution in [0.15, 0.2) is 73.6 Å². The standard InChI is InChI=1S/C27H23F3N8O/c1-16-4-5-19(10-23(16)35-26-32-7-6-24(36-26)38-9-8-31-18(38)3)25(39)34-21-11-20(27(28,29)30)12-22(13-21)37-14-17(2)33-15-37/h4-15H,1-3H3,(H,34,39)(H,32,35,36). The molecule has 198 valence electrons. The normalized spacial score (nSPS) is 11.4. The minimum Gasteiger partial charge on any atom is -0.324 e. The molecule has 3 heterocycles. The van der Waals surface area contributed by atoms with Crippen molar-refractivity contribution < 1.29 is 18.0 Å². The van der Waals surface area contributed by atoms with Crippen LogP contribution in [-0.2, 0) is 6.18 Å². The highest BCUT2D eigenvalue weighted by atomic mass is 19.4. The van der Waals surface area contributed by atoms with Crippen molar-refractivity contribution in [2.45, 2.75) is 26.9 Å². The van der Waals surface area contributed by atoms with E-state index in [2.05, 4.69) is 30.6 Å². The van der Waals surface area contributed by atoms with Gasteiger partial charge in [-0.3, -0.25) is 9.36 Å². The summed E-state index contributed by atoms with van der Waals surface area (Å²) < 4.78 is 44.1. The van der Waals surface area contributed by atoms with E-state index in [9.17, 15) is 18.0 Å². The quantitative estimate of drug-likeness (QED) is 0.287. The van der Waals surface area contributed by atoms with E-state index in [1.807, 2.05) is 13.8 Å². The fourth-order valence-corrected chi connectivity index (χ4v) is 3.94. The molecule has 12 heteroatoms. The number of imidazole rings is 2. The molecule has 2 N–H and O–H groups in total. The van der Waals surface area contributed by atoms with Gasteiger partial charge in [-0.25, -0.2) is 15.0 Å². The van der Waals surface area contributed by atoms with E-state index in [-0.39, 0.29) is 16.9 Å². The average molecular weight is 533 g/mol. The van der Waals surface area contributed by atoms with Crippen molar-refractivity contribution in [1.29, 1.82) is 0 Å². The fourth-order valence-electron chi connectivity index (χ4n) is 3.94. The SMILES string of the molecule is Cc1cn(-c2cc(NC(=O)c3ccc(C)c(Nc4nccc(-n5ccnc5C)n4)c3)cc(C(F)(F)F)c2)cn1. The first-order chi connectivity index (χ1) is 18.6. The molecular weight excluding hydrogens is 509 g/mol. The largest absolute Gasteiger partial charge is 0.416 e. The first kappa shape index (κ1) is 25.6. The number of nitrogens with zero attached hydrogens (tertiary/aromatic N) is 6. The summed E-state index contributed by atoms with van der Waals surface area (Å²) in [7, 11) is 0. The molecule has 0 spiro atoms. The summed E-state index contributed by atoms with van der Waals surface area (Å²) in [6, 6.07) is 10.0. The first-order valence-electron chi connectivity index (χ1n) is 11.8. The molecule has 0 aliphatic heterocycles. The second-order valence-electron chi connectivity index (χ2n) is 8.88. The molecule has 2 aromatic carbocycles. The Morgan fingerprint density at radius 1 is 0.949 bits per heavy atom. The van der Waals surface area contributed by atoms with Crippen LogP contribution in [0.25, 0.3) is 11.5 Å². The van der Waals surface area contributed by atoms with E-state index in [4.69, 9.17) is 0 Å². The molecule has 0 fully saturated rings. The lowest BCUT2D eigenvalue weighted by Gasteiger charge is -2.14. The Kier molecular flexibility index (Phi) is 6.60. The molecule has 39 heavy (non-hydrogen) atoms. The smallest absolute Gasteiger partial charge is 0.324 e. The Morgan fingerprint density at radius 2 is 1.77 bits per heavy atom. The van der Waals surface area contributed by atoms with Gasteiger partial charge in [-0.15, -0.1) is 0 Å². The average Bonchev–Trinajstić information content (AvgIpc) is 3.53. The van der Waals surface area contributed by atoms with Crippen LogP contribution in [-0.4, -0.2) is 35.0 Å². The van der Waals surface area contributed by atoms with Crippen molar-refractivity contribution >= 4 is 23.2 Å². The molecule has 0 aliphatic rings. The third-order valence-corrected chi connectivity index (χ3v) is 5.97. The number of rotatable bonds is 6. The minimum absolute atomic E-state index is 0.00185. The van der Waals surface area contributed by atoms with E-state index in [0.717, 1.165) is 23.5 Å². The number of hydrogen-bond donors (Lipinski definition) is 2. The molecule has 5 rings (SSSR count). The zero-order valence-corrected chi connectivity index (χ0v) is 21.2. The number of amides is 1.